The van der Waals surface area contributed by atoms with Crippen LogP contribution in [0.15, 0.2) is 18.2 Å². The van der Waals surface area contributed by atoms with Crippen LogP contribution in [0.1, 0.15) is 10.9 Å². The Labute approximate surface area is 89.5 Å². The number of benzene rings is 1. The molecule has 14 heavy (non-hydrogen) atoms. The standard InChI is InChI=1S/C8H5Cl2NO3/c9-6-4-2-1-3-5(11(12)13)7(4)14-8(6)10/h1-3,6,8H/t6-,8-/m0/s1. The minimum Gasteiger partial charge on any atom is -0.465 e. The molecule has 0 amide bonds. The molecular weight excluding hydrogens is 229 g/mol. The largest absolute Gasteiger partial charge is 0.465 e. The summed E-state index contributed by atoms with van der Waals surface area (Å²) in [6, 6.07) is 4.59. The van der Waals surface area contributed by atoms with Gasteiger partial charge in [0.25, 0.3) is 0 Å². The van der Waals surface area contributed by atoms with Crippen molar-refractivity contribution >= 4 is 28.9 Å². The van der Waals surface area contributed by atoms with E-state index in [0.29, 0.717) is 5.56 Å². The smallest absolute Gasteiger partial charge is 0.311 e. The van der Waals surface area contributed by atoms with Crippen molar-refractivity contribution in [1.29, 1.82) is 0 Å². The summed E-state index contributed by atoms with van der Waals surface area (Å²) in [5.41, 5.74) is -0.273. The predicted molar refractivity (Wildman–Crippen MR) is 52.0 cm³/mol. The highest BCUT2D eigenvalue weighted by molar-refractivity contribution is 6.30. The third-order valence-electron chi connectivity index (χ3n) is 1.98. The third-order valence-corrected chi connectivity index (χ3v) is 2.91. The molecule has 0 spiro atoms. The second kappa shape index (κ2) is 3.29. The molecule has 2 rings (SSSR count). The fraction of sp³-hybridized carbons (Fsp3) is 0.250. The first-order valence-corrected chi connectivity index (χ1v) is 4.70. The summed E-state index contributed by atoms with van der Waals surface area (Å²) in [6.07, 6.45) is 0. The molecule has 4 nitrogen and oxygen atoms in total. The Kier molecular flexibility index (Phi) is 2.25. The highest BCUT2D eigenvalue weighted by Gasteiger charge is 2.36. The summed E-state index contributed by atoms with van der Waals surface area (Å²) in [5.74, 6) is 0.178. The van der Waals surface area contributed by atoms with Gasteiger partial charge >= 0.3 is 5.69 Å². The molecule has 1 aliphatic rings. The Morgan fingerprint density at radius 1 is 1.43 bits per heavy atom. The number of alkyl halides is 2. The fourth-order valence-electron chi connectivity index (χ4n) is 1.35. The molecule has 1 aromatic rings. The van der Waals surface area contributed by atoms with Crippen LogP contribution in [0.2, 0.25) is 0 Å². The Balaban J connectivity index is 2.56. The van der Waals surface area contributed by atoms with E-state index in [-0.39, 0.29) is 11.4 Å². The average Bonchev–Trinajstić information content (AvgIpc) is 2.43. The van der Waals surface area contributed by atoms with Gasteiger partial charge in [-0.05, 0) is 0 Å². The molecule has 2 atom stereocenters. The summed E-state index contributed by atoms with van der Waals surface area (Å²) >= 11 is 11.6. The van der Waals surface area contributed by atoms with Gasteiger partial charge in [0, 0.05) is 11.6 Å². The van der Waals surface area contributed by atoms with Crippen molar-refractivity contribution in [2.45, 2.75) is 10.9 Å². The summed E-state index contributed by atoms with van der Waals surface area (Å²) < 4.78 is 5.10. The first-order chi connectivity index (χ1) is 6.61. The highest BCUT2D eigenvalue weighted by Crippen LogP contribution is 2.46. The van der Waals surface area contributed by atoms with Crippen LogP contribution < -0.4 is 4.74 Å². The Morgan fingerprint density at radius 2 is 2.14 bits per heavy atom. The molecule has 0 aromatic heterocycles. The second-order valence-corrected chi connectivity index (χ2v) is 3.72. The molecule has 0 saturated carbocycles. The molecular formula is C8H5Cl2NO3. The van der Waals surface area contributed by atoms with Crippen LogP contribution >= 0.6 is 23.2 Å². The van der Waals surface area contributed by atoms with E-state index >= 15 is 0 Å². The lowest BCUT2D eigenvalue weighted by atomic mass is 10.1. The molecule has 1 aliphatic heterocycles. The van der Waals surface area contributed by atoms with Gasteiger partial charge in [-0.15, -0.1) is 11.6 Å². The van der Waals surface area contributed by atoms with Gasteiger partial charge in [-0.2, -0.15) is 0 Å². The van der Waals surface area contributed by atoms with Gasteiger partial charge in [-0.3, -0.25) is 10.1 Å². The lowest BCUT2D eigenvalue weighted by Crippen LogP contribution is -2.05. The number of para-hydroxylation sites is 1. The lowest BCUT2D eigenvalue weighted by molar-refractivity contribution is -0.385. The van der Waals surface area contributed by atoms with Gasteiger partial charge in [0.2, 0.25) is 5.75 Å². The van der Waals surface area contributed by atoms with Crippen LogP contribution in [0.3, 0.4) is 0 Å². The minimum absolute atomic E-state index is 0.101. The molecule has 1 heterocycles. The zero-order valence-electron chi connectivity index (χ0n) is 6.81. The minimum atomic E-state index is -0.743. The Bertz CT molecular complexity index is 396. The maximum atomic E-state index is 10.6. The summed E-state index contributed by atoms with van der Waals surface area (Å²) in [6.45, 7) is 0. The maximum Gasteiger partial charge on any atom is 0.311 e. The molecule has 0 radical (unpaired) electrons. The van der Waals surface area contributed by atoms with Crippen molar-refractivity contribution < 1.29 is 9.66 Å². The predicted octanol–water partition coefficient (Wildman–Crippen LogP) is 2.83. The number of fused-ring (bicyclic) bond motifs is 1. The average molecular weight is 234 g/mol. The normalized spacial score (nSPS) is 24.1. The first kappa shape index (κ1) is 9.55. The number of hydrogen-bond donors (Lipinski definition) is 0. The lowest BCUT2D eigenvalue weighted by Gasteiger charge is -2.02. The van der Waals surface area contributed by atoms with Gasteiger partial charge in [-0.1, -0.05) is 23.7 Å². The van der Waals surface area contributed by atoms with Crippen molar-refractivity contribution in [3.8, 4) is 5.75 Å². The molecule has 0 bridgehead atoms. The highest BCUT2D eigenvalue weighted by atomic mass is 35.5. The van der Waals surface area contributed by atoms with Crippen LogP contribution in [-0.2, 0) is 0 Å². The van der Waals surface area contributed by atoms with Crippen molar-refractivity contribution in [2.24, 2.45) is 0 Å². The van der Waals surface area contributed by atoms with Crippen molar-refractivity contribution in [1.82, 2.24) is 0 Å². The number of nitro groups is 1. The van der Waals surface area contributed by atoms with E-state index in [9.17, 15) is 10.1 Å². The summed E-state index contributed by atoms with van der Waals surface area (Å²) in [7, 11) is 0. The molecule has 0 unspecified atom stereocenters. The van der Waals surface area contributed by atoms with Crippen molar-refractivity contribution in [3.63, 3.8) is 0 Å². The topological polar surface area (TPSA) is 52.4 Å². The molecule has 0 aliphatic carbocycles. The van der Waals surface area contributed by atoms with Crippen LogP contribution in [0.4, 0.5) is 5.69 Å². The zero-order chi connectivity index (χ0) is 10.3. The van der Waals surface area contributed by atoms with Gasteiger partial charge in [0.15, 0.2) is 5.56 Å². The molecule has 0 fully saturated rings. The molecule has 0 N–H and O–H groups in total. The fourth-order valence-corrected chi connectivity index (χ4v) is 1.79. The van der Waals surface area contributed by atoms with Crippen LogP contribution in [0.25, 0.3) is 0 Å². The number of nitro benzene ring substituents is 1. The Hall–Kier alpha value is -1.000. The number of rotatable bonds is 1. The van der Waals surface area contributed by atoms with Crippen LogP contribution in [0, 0.1) is 10.1 Å². The van der Waals surface area contributed by atoms with E-state index in [1.807, 2.05) is 0 Å². The molecule has 0 saturated heterocycles. The third kappa shape index (κ3) is 1.31. The van der Waals surface area contributed by atoms with Gasteiger partial charge in [-0.25, -0.2) is 0 Å². The first-order valence-electron chi connectivity index (χ1n) is 3.83. The SMILES string of the molecule is O=[N+]([O-])c1cccc2c1O[C@H](Cl)[C@H]2Cl. The summed E-state index contributed by atoms with van der Waals surface area (Å²) in [4.78, 5) is 10.1. The van der Waals surface area contributed by atoms with Gasteiger partial charge < -0.3 is 4.74 Å². The van der Waals surface area contributed by atoms with E-state index in [1.54, 1.807) is 12.1 Å². The van der Waals surface area contributed by atoms with Crippen LogP contribution in [0.5, 0.6) is 5.75 Å². The molecule has 6 heteroatoms. The zero-order valence-corrected chi connectivity index (χ0v) is 8.33. The van der Waals surface area contributed by atoms with E-state index in [4.69, 9.17) is 27.9 Å². The van der Waals surface area contributed by atoms with E-state index in [1.165, 1.54) is 6.07 Å². The monoisotopic (exact) mass is 233 g/mol. The van der Waals surface area contributed by atoms with E-state index in [2.05, 4.69) is 0 Å². The maximum absolute atomic E-state index is 10.6. The van der Waals surface area contributed by atoms with Gasteiger partial charge in [0.05, 0.1) is 4.92 Å². The quantitative estimate of drug-likeness (QED) is 0.426. The Morgan fingerprint density at radius 3 is 2.79 bits per heavy atom. The number of hydrogen-bond acceptors (Lipinski definition) is 3. The number of nitrogens with zero attached hydrogens (tertiary/aromatic N) is 1. The number of ether oxygens (including phenoxy) is 1. The van der Waals surface area contributed by atoms with Crippen LogP contribution in [-0.4, -0.2) is 10.5 Å². The van der Waals surface area contributed by atoms with E-state index in [0.717, 1.165) is 0 Å². The number of halogens is 2. The van der Waals surface area contributed by atoms with Crippen molar-refractivity contribution in [3.05, 3.63) is 33.9 Å². The summed E-state index contributed by atoms with van der Waals surface area (Å²) in [5, 5.41) is 10.1. The van der Waals surface area contributed by atoms with Crippen molar-refractivity contribution in [2.75, 3.05) is 0 Å². The van der Waals surface area contributed by atoms with E-state index < -0.39 is 15.9 Å². The van der Waals surface area contributed by atoms with Gasteiger partial charge in [0.1, 0.15) is 5.38 Å². The second-order valence-electron chi connectivity index (χ2n) is 2.82. The molecule has 1 aromatic carbocycles. The molecule has 74 valence electrons.